The molecule has 1 unspecified atom stereocenters. The molecule has 17 heavy (non-hydrogen) atoms. The molecule has 0 aliphatic carbocycles. The maximum Gasteiger partial charge on any atom is 0.316 e. The van der Waals surface area contributed by atoms with Gasteiger partial charge < -0.3 is 14.9 Å². The predicted molar refractivity (Wildman–Crippen MR) is 63.8 cm³/mol. The van der Waals surface area contributed by atoms with Crippen LogP contribution in [0.1, 0.15) is 25.8 Å². The molecule has 0 heterocycles. The predicted octanol–water partition coefficient (Wildman–Crippen LogP) is 1.60. The second kappa shape index (κ2) is 5.68. The van der Waals surface area contributed by atoms with E-state index < -0.39 is 5.41 Å². The van der Waals surface area contributed by atoms with Crippen LogP contribution in [0.5, 0.6) is 5.75 Å². The second-order valence-corrected chi connectivity index (χ2v) is 4.07. The van der Waals surface area contributed by atoms with E-state index >= 15 is 0 Å². The van der Waals surface area contributed by atoms with Gasteiger partial charge in [0.05, 0.1) is 12.0 Å². The summed E-state index contributed by atoms with van der Waals surface area (Å²) in [5.74, 6) is -0.219. The molecule has 0 saturated carbocycles. The molecule has 0 aromatic heterocycles. The molecule has 0 saturated heterocycles. The van der Waals surface area contributed by atoms with E-state index in [1.54, 1.807) is 26.0 Å². The highest BCUT2D eigenvalue weighted by molar-refractivity contribution is 5.82. The fraction of sp³-hybridized carbons (Fsp3) is 0.462. The lowest BCUT2D eigenvalue weighted by Crippen LogP contribution is -2.35. The zero-order valence-electron chi connectivity index (χ0n) is 10.1. The number of rotatable bonds is 5. The van der Waals surface area contributed by atoms with Crippen LogP contribution in [0.3, 0.4) is 0 Å². The van der Waals surface area contributed by atoms with E-state index in [0.29, 0.717) is 6.61 Å². The molecule has 1 aromatic rings. The van der Waals surface area contributed by atoms with Crippen molar-refractivity contribution in [2.45, 2.75) is 25.7 Å². The first-order valence-electron chi connectivity index (χ1n) is 5.62. The summed E-state index contributed by atoms with van der Waals surface area (Å²) in [6.07, 6.45) is 0.288. The first-order chi connectivity index (χ1) is 8.04. The van der Waals surface area contributed by atoms with Gasteiger partial charge in [0.2, 0.25) is 0 Å². The number of aliphatic hydroxyl groups is 1. The zero-order chi connectivity index (χ0) is 12.9. The zero-order valence-corrected chi connectivity index (χ0v) is 10.1. The van der Waals surface area contributed by atoms with Crippen LogP contribution < -0.4 is 0 Å². The lowest BCUT2D eigenvalue weighted by Gasteiger charge is -2.27. The molecule has 94 valence electrons. The average molecular weight is 238 g/mol. The first kappa shape index (κ1) is 13.5. The molecule has 0 radical (unpaired) electrons. The highest BCUT2D eigenvalue weighted by atomic mass is 16.5. The maximum absolute atomic E-state index is 11.9. The molecule has 1 rings (SSSR count). The molecule has 4 heteroatoms. The average Bonchev–Trinajstić information content (AvgIpc) is 2.30. The van der Waals surface area contributed by atoms with Gasteiger partial charge in [0.15, 0.2) is 0 Å². The quantitative estimate of drug-likeness (QED) is 0.764. The number of phenolic OH excluding ortho intramolecular Hbond substituents is 1. The van der Waals surface area contributed by atoms with Gasteiger partial charge in [-0.15, -0.1) is 0 Å². The third kappa shape index (κ3) is 2.97. The second-order valence-electron chi connectivity index (χ2n) is 4.07. The van der Waals surface area contributed by atoms with E-state index in [0.717, 1.165) is 5.56 Å². The number of aliphatic hydroxyl groups excluding tert-OH is 1. The van der Waals surface area contributed by atoms with Gasteiger partial charge in [-0.1, -0.05) is 12.1 Å². The number of hydrogen-bond donors (Lipinski definition) is 2. The Morgan fingerprint density at radius 2 is 1.94 bits per heavy atom. The van der Waals surface area contributed by atoms with Crippen LogP contribution in [-0.2, 0) is 14.9 Å². The molecule has 1 atom stereocenters. The lowest BCUT2D eigenvalue weighted by atomic mass is 9.79. The van der Waals surface area contributed by atoms with Crippen LogP contribution in [0.25, 0.3) is 0 Å². The van der Waals surface area contributed by atoms with Crippen molar-refractivity contribution in [3.63, 3.8) is 0 Å². The Kier molecular flexibility index (Phi) is 4.52. The fourth-order valence-electron chi connectivity index (χ4n) is 1.71. The molecule has 4 nitrogen and oxygen atoms in total. The van der Waals surface area contributed by atoms with E-state index in [1.807, 2.05) is 0 Å². The number of carbonyl (C=O) groups excluding carboxylic acids is 1. The van der Waals surface area contributed by atoms with Gasteiger partial charge in [0.1, 0.15) is 5.75 Å². The summed E-state index contributed by atoms with van der Waals surface area (Å²) < 4.78 is 5.03. The first-order valence-corrected chi connectivity index (χ1v) is 5.62. The van der Waals surface area contributed by atoms with Gasteiger partial charge in [-0.25, -0.2) is 0 Å². The highest BCUT2D eigenvalue weighted by Crippen LogP contribution is 2.30. The molecule has 0 fully saturated rings. The van der Waals surface area contributed by atoms with E-state index in [1.165, 1.54) is 12.1 Å². The Bertz CT molecular complexity index is 372. The summed E-state index contributed by atoms with van der Waals surface area (Å²) in [6, 6.07) is 6.37. The lowest BCUT2D eigenvalue weighted by molar-refractivity contribution is -0.150. The number of ether oxygens (including phenoxy) is 1. The van der Waals surface area contributed by atoms with Crippen molar-refractivity contribution < 1.29 is 19.7 Å². The van der Waals surface area contributed by atoms with Crippen molar-refractivity contribution in [2.24, 2.45) is 0 Å². The van der Waals surface area contributed by atoms with Gasteiger partial charge in [0, 0.05) is 6.61 Å². The van der Waals surface area contributed by atoms with Crippen LogP contribution in [0, 0.1) is 0 Å². The van der Waals surface area contributed by atoms with E-state index in [9.17, 15) is 9.90 Å². The standard InChI is InChI=1S/C13H18O4/c1-3-17-12(16)13(2,8-9-14)10-4-6-11(15)7-5-10/h4-7,14-15H,3,8-9H2,1-2H3. The van der Waals surface area contributed by atoms with Crippen molar-refractivity contribution in [3.8, 4) is 5.75 Å². The number of esters is 1. The smallest absolute Gasteiger partial charge is 0.316 e. The summed E-state index contributed by atoms with van der Waals surface area (Å²) in [6.45, 7) is 3.68. The molecule has 0 aliphatic rings. The van der Waals surface area contributed by atoms with Gasteiger partial charge >= 0.3 is 5.97 Å². The number of phenols is 1. The Morgan fingerprint density at radius 1 is 1.35 bits per heavy atom. The number of aromatic hydroxyl groups is 1. The van der Waals surface area contributed by atoms with Gasteiger partial charge in [-0.3, -0.25) is 4.79 Å². The monoisotopic (exact) mass is 238 g/mol. The van der Waals surface area contributed by atoms with Crippen LogP contribution >= 0.6 is 0 Å². The number of hydrogen-bond acceptors (Lipinski definition) is 4. The molecule has 2 N–H and O–H groups in total. The summed E-state index contributed by atoms with van der Waals surface area (Å²) in [5.41, 5.74) is -0.152. The molecular weight excluding hydrogens is 220 g/mol. The van der Waals surface area contributed by atoms with E-state index in [-0.39, 0.29) is 24.7 Å². The molecule has 0 amide bonds. The van der Waals surface area contributed by atoms with Gasteiger partial charge in [0.25, 0.3) is 0 Å². The third-order valence-corrected chi connectivity index (χ3v) is 2.84. The van der Waals surface area contributed by atoms with Gasteiger partial charge in [-0.2, -0.15) is 0 Å². The summed E-state index contributed by atoms with van der Waals surface area (Å²) in [4.78, 5) is 11.9. The number of carbonyl (C=O) groups is 1. The molecule has 0 bridgehead atoms. The third-order valence-electron chi connectivity index (χ3n) is 2.84. The topological polar surface area (TPSA) is 66.8 Å². The van der Waals surface area contributed by atoms with E-state index in [2.05, 4.69) is 0 Å². The van der Waals surface area contributed by atoms with Crippen LogP contribution in [0.2, 0.25) is 0 Å². The number of benzene rings is 1. The van der Waals surface area contributed by atoms with Crippen LogP contribution in [0.4, 0.5) is 0 Å². The van der Waals surface area contributed by atoms with Crippen molar-refractivity contribution in [2.75, 3.05) is 13.2 Å². The van der Waals surface area contributed by atoms with Crippen LogP contribution in [0.15, 0.2) is 24.3 Å². The minimum absolute atomic E-state index is 0.101. The Balaban J connectivity index is 3.06. The van der Waals surface area contributed by atoms with Crippen molar-refractivity contribution >= 4 is 5.97 Å². The molecule has 0 spiro atoms. The molecule has 1 aromatic carbocycles. The largest absolute Gasteiger partial charge is 0.508 e. The fourth-order valence-corrected chi connectivity index (χ4v) is 1.71. The Labute approximate surface area is 101 Å². The summed E-state index contributed by atoms with van der Waals surface area (Å²) in [7, 11) is 0. The molecule has 0 aliphatic heterocycles. The van der Waals surface area contributed by atoms with E-state index in [4.69, 9.17) is 9.84 Å². The normalized spacial score (nSPS) is 14.1. The van der Waals surface area contributed by atoms with Crippen molar-refractivity contribution in [1.29, 1.82) is 0 Å². The maximum atomic E-state index is 11.9. The van der Waals surface area contributed by atoms with Crippen LogP contribution in [-0.4, -0.2) is 29.4 Å². The minimum Gasteiger partial charge on any atom is -0.508 e. The summed E-state index contributed by atoms with van der Waals surface area (Å²) in [5, 5.41) is 18.3. The van der Waals surface area contributed by atoms with Gasteiger partial charge in [-0.05, 0) is 38.0 Å². The Morgan fingerprint density at radius 3 is 2.41 bits per heavy atom. The van der Waals surface area contributed by atoms with Crippen molar-refractivity contribution in [1.82, 2.24) is 0 Å². The summed E-state index contributed by atoms with van der Waals surface area (Å²) >= 11 is 0. The minimum atomic E-state index is -0.877. The highest BCUT2D eigenvalue weighted by Gasteiger charge is 2.36. The SMILES string of the molecule is CCOC(=O)C(C)(CCO)c1ccc(O)cc1. The van der Waals surface area contributed by atoms with Crippen molar-refractivity contribution in [3.05, 3.63) is 29.8 Å². The Hall–Kier alpha value is -1.55. The molecular formula is C13H18O4.